The molecule has 0 bridgehead atoms. The van der Waals surface area contributed by atoms with E-state index in [4.69, 9.17) is 5.26 Å². The van der Waals surface area contributed by atoms with Crippen molar-refractivity contribution in [3.8, 4) is 6.07 Å². The Bertz CT molecular complexity index is 153. The Morgan fingerprint density at radius 2 is 1.82 bits per heavy atom. The zero-order chi connectivity index (χ0) is 8.27. The highest BCUT2D eigenvalue weighted by molar-refractivity contribution is 4.89. The van der Waals surface area contributed by atoms with Crippen LogP contribution < -0.4 is 0 Å². The topological polar surface area (TPSA) is 30.3 Å². The van der Waals surface area contributed by atoms with E-state index in [1.54, 1.807) is 0 Å². The Hall–Kier alpha value is -0.590. The quantitative estimate of drug-likeness (QED) is 0.537. The summed E-state index contributed by atoms with van der Waals surface area (Å²) < 4.78 is 0. The summed E-state index contributed by atoms with van der Waals surface area (Å²) in [4.78, 5) is 4.51. The molecule has 0 saturated carbocycles. The first-order valence-electron chi connectivity index (χ1n) is 4.06. The van der Waals surface area contributed by atoms with Crippen molar-refractivity contribution in [2.24, 2.45) is 0 Å². The monoisotopic (exact) mass is 153 g/mol. The van der Waals surface area contributed by atoms with Crippen molar-refractivity contribution in [3.63, 3.8) is 0 Å². The Morgan fingerprint density at radius 3 is 2.27 bits per heavy atom. The van der Waals surface area contributed by atoms with Gasteiger partial charge < -0.3 is 4.90 Å². The molecule has 1 fully saturated rings. The second-order valence-corrected chi connectivity index (χ2v) is 3.14. The van der Waals surface area contributed by atoms with E-state index in [2.05, 4.69) is 22.9 Å². The molecular weight excluding hydrogens is 138 g/mol. The van der Waals surface area contributed by atoms with Gasteiger partial charge in [0.1, 0.15) is 0 Å². The number of likely N-dealkylation sites (N-methyl/N-ethyl adjacent to an activating group) is 1. The molecule has 3 nitrogen and oxygen atoms in total. The average molecular weight is 153 g/mol. The summed E-state index contributed by atoms with van der Waals surface area (Å²) in [5, 5.41) is 8.65. The highest BCUT2D eigenvalue weighted by Crippen LogP contribution is 2.03. The summed E-state index contributed by atoms with van der Waals surface area (Å²) in [5.74, 6) is 0. The second kappa shape index (κ2) is 3.70. The maximum atomic E-state index is 8.65. The average Bonchev–Trinajstić information content (AvgIpc) is 2.05. The first-order chi connectivity index (χ1) is 5.24. The molecule has 0 spiro atoms. The Labute approximate surface area is 68.2 Å². The minimum Gasteiger partial charge on any atom is -0.304 e. The van der Waals surface area contributed by atoms with Crippen molar-refractivity contribution in [2.75, 3.05) is 33.2 Å². The second-order valence-electron chi connectivity index (χ2n) is 3.14. The normalized spacial score (nSPS) is 24.5. The summed E-state index contributed by atoms with van der Waals surface area (Å²) >= 11 is 0. The van der Waals surface area contributed by atoms with Crippen LogP contribution in [0.2, 0.25) is 0 Å². The van der Waals surface area contributed by atoms with Gasteiger partial charge >= 0.3 is 0 Å². The summed E-state index contributed by atoms with van der Waals surface area (Å²) in [6, 6.07) is 2.34. The number of nitrogens with zero attached hydrogens (tertiary/aromatic N) is 3. The van der Waals surface area contributed by atoms with Crippen LogP contribution in [0.25, 0.3) is 0 Å². The van der Waals surface area contributed by atoms with Gasteiger partial charge in [0.15, 0.2) is 0 Å². The molecule has 0 aromatic heterocycles. The van der Waals surface area contributed by atoms with Crippen LogP contribution in [0.3, 0.4) is 0 Å². The molecule has 1 heterocycles. The lowest BCUT2D eigenvalue weighted by Crippen LogP contribution is -2.47. The Morgan fingerprint density at radius 1 is 1.27 bits per heavy atom. The van der Waals surface area contributed by atoms with E-state index in [-0.39, 0.29) is 6.04 Å². The van der Waals surface area contributed by atoms with Crippen molar-refractivity contribution >= 4 is 0 Å². The molecule has 0 aliphatic carbocycles. The number of hydrogen-bond acceptors (Lipinski definition) is 3. The minimum absolute atomic E-state index is 0.0868. The van der Waals surface area contributed by atoms with Gasteiger partial charge in [-0.25, -0.2) is 0 Å². The van der Waals surface area contributed by atoms with Gasteiger partial charge in [0.05, 0.1) is 12.1 Å². The van der Waals surface area contributed by atoms with Gasteiger partial charge in [-0.2, -0.15) is 5.26 Å². The molecule has 1 atom stereocenters. The van der Waals surface area contributed by atoms with E-state index in [1.807, 2.05) is 6.92 Å². The van der Waals surface area contributed by atoms with Crippen molar-refractivity contribution in [3.05, 3.63) is 0 Å². The summed E-state index contributed by atoms with van der Waals surface area (Å²) in [5.41, 5.74) is 0. The van der Waals surface area contributed by atoms with Gasteiger partial charge in [-0.1, -0.05) is 0 Å². The standard InChI is InChI=1S/C8H15N3/c1-8(7-9)11-5-3-10(2)4-6-11/h8H,3-6H2,1-2H3. The van der Waals surface area contributed by atoms with Crippen molar-refractivity contribution < 1.29 is 0 Å². The molecule has 1 aliphatic heterocycles. The molecule has 0 amide bonds. The van der Waals surface area contributed by atoms with Gasteiger partial charge in [-0.3, -0.25) is 4.90 Å². The molecule has 0 radical (unpaired) electrons. The van der Waals surface area contributed by atoms with Crippen molar-refractivity contribution in [1.29, 1.82) is 5.26 Å². The van der Waals surface area contributed by atoms with E-state index in [1.165, 1.54) is 0 Å². The third kappa shape index (κ3) is 2.18. The molecule has 11 heavy (non-hydrogen) atoms. The summed E-state index contributed by atoms with van der Waals surface area (Å²) in [6.07, 6.45) is 0. The first-order valence-corrected chi connectivity index (χ1v) is 4.06. The highest BCUT2D eigenvalue weighted by atomic mass is 15.3. The zero-order valence-electron chi connectivity index (χ0n) is 7.25. The lowest BCUT2D eigenvalue weighted by Gasteiger charge is -2.33. The fourth-order valence-corrected chi connectivity index (χ4v) is 1.29. The fraction of sp³-hybridized carbons (Fsp3) is 0.875. The van der Waals surface area contributed by atoms with Crippen LogP contribution in [-0.4, -0.2) is 49.1 Å². The van der Waals surface area contributed by atoms with Gasteiger partial charge in [0.2, 0.25) is 0 Å². The molecule has 1 saturated heterocycles. The maximum absolute atomic E-state index is 8.65. The predicted molar refractivity (Wildman–Crippen MR) is 44.1 cm³/mol. The first kappa shape index (κ1) is 8.51. The minimum atomic E-state index is 0.0868. The van der Waals surface area contributed by atoms with E-state index in [0.717, 1.165) is 26.2 Å². The molecule has 1 rings (SSSR count). The van der Waals surface area contributed by atoms with E-state index < -0.39 is 0 Å². The number of piperazine rings is 1. The van der Waals surface area contributed by atoms with Crippen LogP contribution in [0.5, 0.6) is 0 Å². The van der Waals surface area contributed by atoms with E-state index in [9.17, 15) is 0 Å². The zero-order valence-corrected chi connectivity index (χ0v) is 7.25. The lowest BCUT2D eigenvalue weighted by atomic mass is 10.2. The Kier molecular flexibility index (Phi) is 2.86. The van der Waals surface area contributed by atoms with Gasteiger partial charge in [-0.05, 0) is 14.0 Å². The number of hydrogen-bond donors (Lipinski definition) is 0. The largest absolute Gasteiger partial charge is 0.304 e. The molecule has 1 aliphatic rings. The van der Waals surface area contributed by atoms with Crippen LogP contribution >= 0.6 is 0 Å². The van der Waals surface area contributed by atoms with Crippen LogP contribution in [0.4, 0.5) is 0 Å². The van der Waals surface area contributed by atoms with Crippen molar-refractivity contribution in [2.45, 2.75) is 13.0 Å². The van der Waals surface area contributed by atoms with Gasteiger partial charge in [-0.15, -0.1) is 0 Å². The lowest BCUT2D eigenvalue weighted by molar-refractivity contribution is 0.139. The van der Waals surface area contributed by atoms with Crippen LogP contribution in [0, 0.1) is 11.3 Å². The molecule has 1 unspecified atom stereocenters. The highest BCUT2D eigenvalue weighted by Gasteiger charge is 2.17. The summed E-state index contributed by atoms with van der Waals surface area (Å²) in [7, 11) is 2.12. The number of rotatable bonds is 1. The molecule has 62 valence electrons. The molecular formula is C8H15N3. The predicted octanol–water partition coefficient (Wildman–Crippen LogP) is 0.146. The van der Waals surface area contributed by atoms with Crippen LogP contribution in [0.1, 0.15) is 6.92 Å². The van der Waals surface area contributed by atoms with Crippen LogP contribution in [0.15, 0.2) is 0 Å². The Balaban J connectivity index is 2.34. The molecule has 0 aromatic rings. The molecule has 0 N–H and O–H groups in total. The van der Waals surface area contributed by atoms with E-state index in [0.29, 0.717) is 0 Å². The third-order valence-corrected chi connectivity index (χ3v) is 2.27. The van der Waals surface area contributed by atoms with Crippen molar-refractivity contribution in [1.82, 2.24) is 9.80 Å². The van der Waals surface area contributed by atoms with Gasteiger partial charge in [0, 0.05) is 26.2 Å². The van der Waals surface area contributed by atoms with Gasteiger partial charge in [0.25, 0.3) is 0 Å². The molecule has 3 heteroatoms. The van der Waals surface area contributed by atoms with E-state index >= 15 is 0 Å². The smallest absolute Gasteiger partial charge is 0.0950 e. The maximum Gasteiger partial charge on any atom is 0.0950 e. The number of nitriles is 1. The SMILES string of the molecule is CC(C#N)N1CCN(C)CC1. The fourth-order valence-electron chi connectivity index (χ4n) is 1.29. The third-order valence-electron chi connectivity index (χ3n) is 2.27. The van der Waals surface area contributed by atoms with Crippen LogP contribution in [-0.2, 0) is 0 Å². The molecule has 0 aromatic carbocycles. The summed E-state index contributed by atoms with van der Waals surface area (Å²) in [6.45, 7) is 6.21.